The van der Waals surface area contributed by atoms with Crippen molar-refractivity contribution in [1.82, 2.24) is 0 Å². The van der Waals surface area contributed by atoms with Crippen LogP contribution in [0.1, 0.15) is 41.3 Å². The molecule has 0 saturated carbocycles. The van der Waals surface area contributed by atoms with E-state index in [0.717, 1.165) is 23.8 Å². The lowest BCUT2D eigenvalue weighted by atomic mass is 9.98. The van der Waals surface area contributed by atoms with Gasteiger partial charge in [0.25, 0.3) is 0 Å². The SMILES string of the molecule is CC(C)c1ccc(CC(=O)c2cc(F)ccc2F)cc1. The molecule has 104 valence electrons. The monoisotopic (exact) mass is 274 g/mol. The molecule has 0 heterocycles. The molecule has 2 rings (SSSR count). The van der Waals surface area contributed by atoms with Crippen LogP contribution in [-0.4, -0.2) is 5.78 Å². The fourth-order valence-corrected chi connectivity index (χ4v) is 2.01. The fourth-order valence-electron chi connectivity index (χ4n) is 2.01. The Labute approximate surface area is 117 Å². The van der Waals surface area contributed by atoms with Crippen LogP contribution in [0.3, 0.4) is 0 Å². The topological polar surface area (TPSA) is 17.1 Å². The minimum Gasteiger partial charge on any atom is -0.294 e. The van der Waals surface area contributed by atoms with Crippen LogP contribution >= 0.6 is 0 Å². The standard InChI is InChI=1S/C17H16F2O/c1-11(2)13-5-3-12(4-6-13)9-17(20)15-10-14(18)7-8-16(15)19/h3-8,10-11H,9H2,1-2H3. The van der Waals surface area contributed by atoms with Crippen molar-refractivity contribution >= 4 is 5.78 Å². The van der Waals surface area contributed by atoms with Gasteiger partial charge in [-0.05, 0) is 35.2 Å². The highest BCUT2D eigenvalue weighted by atomic mass is 19.1. The first kappa shape index (κ1) is 14.4. The van der Waals surface area contributed by atoms with E-state index in [-0.39, 0.29) is 12.0 Å². The predicted octanol–water partition coefficient (Wildman–Crippen LogP) is 4.51. The molecule has 0 unspecified atom stereocenters. The molecule has 1 nitrogen and oxygen atoms in total. The van der Waals surface area contributed by atoms with Gasteiger partial charge in [-0.25, -0.2) is 8.78 Å². The lowest BCUT2D eigenvalue weighted by Crippen LogP contribution is -2.07. The second kappa shape index (κ2) is 5.95. The molecule has 0 radical (unpaired) electrons. The number of halogens is 2. The first-order chi connectivity index (χ1) is 9.47. The van der Waals surface area contributed by atoms with Crippen LogP contribution in [0.4, 0.5) is 8.78 Å². The maximum absolute atomic E-state index is 13.5. The predicted molar refractivity (Wildman–Crippen MR) is 74.9 cm³/mol. The number of carbonyl (C=O) groups excluding carboxylic acids is 1. The number of hydrogen-bond donors (Lipinski definition) is 0. The summed E-state index contributed by atoms with van der Waals surface area (Å²) < 4.78 is 26.6. The molecule has 0 aliphatic carbocycles. The van der Waals surface area contributed by atoms with E-state index in [1.54, 1.807) is 0 Å². The minimum absolute atomic E-state index is 0.0682. The quantitative estimate of drug-likeness (QED) is 0.749. The molecule has 20 heavy (non-hydrogen) atoms. The van der Waals surface area contributed by atoms with Gasteiger partial charge in [0.1, 0.15) is 11.6 Å². The van der Waals surface area contributed by atoms with Crippen molar-refractivity contribution in [3.8, 4) is 0 Å². The van der Waals surface area contributed by atoms with Crippen LogP contribution in [0.25, 0.3) is 0 Å². The van der Waals surface area contributed by atoms with E-state index in [0.29, 0.717) is 5.92 Å². The Balaban J connectivity index is 2.17. The van der Waals surface area contributed by atoms with Gasteiger partial charge in [-0.3, -0.25) is 4.79 Å². The summed E-state index contributed by atoms with van der Waals surface area (Å²) in [5.74, 6) is -1.29. The Morgan fingerprint density at radius 1 is 1.05 bits per heavy atom. The van der Waals surface area contributed by atoms with Gasteiger partial charge in [-0.2, -0.15) is 0 Å². The van der Waals surface area contributed by atoms with Crippen molar-refractivity contribution in [3.05, 3.63) is 70.8 Å². The summed E-state index contributed by atoms with van der Waals surface area (Å²) in [6, 6.07) is 10.5. The van der Waals surface area contributed by atoms with Crippen molar-refractivity contribution in [1.29, 1.82) is 0 Å². The Hall–Kier alpha value is -2.03. The highest BCUT2D eigenvalue weighted by molar-refractivity contribution is 5.97. The molecule has 0 saturated heterocycles. The van der Waals surface area contributed by atoms with Crippen molar-refractivity contribution in [2.24, 2.45) is 0 Å². The van der Waals surface area contributed by atoms with Crippen molar-refractivity contribution in [2.75, 3.05) is 0 Å². The zero-order valence-electron chi connectivity index (χ0n) is 11.5. The zero-order valence-corrected chi connectivity index (χ0v) is 11.5. The van der Waals surface area contributed by atoms with E-state index in [1.807, 2.05) is 24.3 Å². The molecule has 0 fully saturated rings. The first-order valence-electron chi connectivity index (χ1n) is 6.54. The van der Waals surface area contributed by atoms with E-state index in [2.05, 4.69) is 13.8 Å². The van der Waals surface area contributed by atoms with Crippen LogP contribution in [0.2, 0.25) is 0 Å². The van der Waals surface area contributed by atoms with E-state index < -0.39 is 17.4 Å². The minimum atomic E-state index is -0.685. The van der Waals surface area contributed by atoms with Gasteiger partial charge in [0, 0.05) is 6.42 Å². The molecule has 0 aliphatic heterocycles. The lowest BCUT2D eigenvalue weighted by molar-refractivity contribution is 0.0988. The highest BCUT2D eigenvalue weighted by Gasteiger charge is 2.13. The molecule has 0 N–H and O–H groups in total. The first-order valence-corrected chi connectivity index (χ1v) is 6.54. The third kappa shape index (κ3) is 3.29. The molecular weight excluding hydrogens is 258 g/mol. The van der Waals surface area contributed by atoms with E-state index in [1.165, 1.54) is 5.56 Å². The number of ketones is 1. The molecule has 0 atom stereocenters. The summed E-state index contributed by atoms with van der Waals surface area (Å²) in [5.41, 5.74) is 1.78. The normalized spacial score (nSPS) is 10.8. The van der Waals surface area contributed by atoms with Gasteiger partial charge in [0.15, 0.2) is 5.78 Å². The summed E-state index contributed by atoms with van der Waals surface area (Å²) in [5, 5.41) is 0. The Morgan fingerprint density at radius 2 is 1.70 bits per heavy atom. The smallest absolute Gasteiger partial charge is 0.170 e. The largest absolute Gasteiger partial charge is 0.294 e. The summed E-state index contributed by atoms with van der Waals surface area (Å²) in [6.07, 6.45) is 0.0682. The zero-order chi connectivity index (χ0) is 14.7. The summed E-state index contributed by atoms with van der Waals surface area (Å²) in [4.78, 5) is 12.0. The van der Waals surface area contributed by atoms with E-state index >= 15 is 0 Å². The Bertz CT molecular complexity index is 615. The number of Topliss-reactive ketones (excluding diaryl/α,β-unsaturated/α-hetero) is 1. The van der Waals surface area contributed by atoms with Crippen molar-refractivity contribution < 1.29 is 13.6 Å². The van der Waals surface area contributed by atoms with Gasteiger partial charge in [-0.1, -0.05) is 38.1 Å². The van der Waals surface area contributed by atoms with E-state index in [9.17, 15) is 13.6 Å². The third-order valence-corrected chi connectivity index (χ3v) is 3.24. The van der Waals surface area contributed by atoms with Gasteiger partial charge < -0.3 is 0 Å². The molecule has 0 amide bonds. The van der Waals surface area contributed by atoms with Gasteiger partial charge in [0.2, 0.25) is 0 Å². The number of benzene rings is 2. The number of hydrogen-bond acceptors (Lipinski definition) is 1. The van der Waals surface area contributed by atoms with Crippen LogP contribution in [0.5, 0.6) is 0 Å². The maximum Gasteiger partial charge on any atom is 0.170 e. The highest BCUT2D eigenvalue weighted by Crippen LogP contribution is 2.17. The molecule has 2 aromatic rings. The van der Waals surface area contributed by atoms with Crippen LogP contribution in [0, 0.1) is 11.6 Å². The summed E-state index contributed by atoms with van der Waals surface area (Å²) >= 11 is 0. The van der Waals surface area contributed by atoms with Gasteiger partial charge in [0.05, 0.1) is 5.56 Å². The average molecular weight is 274 g/mol. The van der Waals surface area contributed by atoms with Crippen LogP contribution in [0.15, 0.2) is 42.5 Å². The molecule has 0 aliphatic rings. The van der Waals surface area contributed by atoms with Gasteiger partial charge in [-0.15, -0.1) is 0 Å². The molecule has 2 aromatic carbocycles. The Morgan fingerprint density at radius 3 is 2.30 bits per heavy atom. The molecule has 3 heteroatoms. The molecule has 0 spiro atoms. The molecule has 0 aromatic heterocycles. The average Bonchev–Trinajstić information content (AvgIpc) is 2.42. The van der Waals surface area contributed by atoms with Crippen LogP contribution in [-0.2, 0) is 6.42 Å². The lowest BCUT2D eigenvalue weighted by Gasteiger charge is -2.07. The van der Waals surface area contributed by atoms with Gasteiger partial charge >= 0.3 is 0 Å². The van der Waals surface area contributed by atoms with E-state index in [4.69, 9.17) is 0 Å². The van der Waals surface area contributed by atoms with Crippen LogP contribution < -0.4 is 0 Å². The van der Waals surface area contributed by atoms with Crippen molar-refractivity contribution in [2.45, 2.75) is 26.2 Å². The third-order valence-electron chi connectivity index (χ3n) is 3.24. The Kier molecular flexibility index (Phi) is 4.28. The maximum atomic E-state index is 13.5. The number of rotatable bonds is 4. The number of carbonyl (C=O) groups is 1. The summed E-state index contributed by atoms with van der Waals surface area (Å²) in [7, 11) is 0. The fraction of sp³-hybridized carbons (Fsp3) is 0.235. The molecular formula is C17H16F2O. The second-order valence-electron chi connectivity index (χ2n) is 5.12. The summed E-state index contributed by atoms with van der Waals surface area (Å²) in [6.45, 7) is 4.17. The van der Waals surface area contributed by atoms with Crippen molar-refractivity contribution in [3.63, 3.8) is 0 Å². The second-order valence-corrected chi connectivity index (χ2v) is 5.12. The molecule has 0 bridgehead atoms.